The second kappa shape index (κ2) is 10.4. The lowest BCUT2D eigenvalue weighted by Crippen LogP contribution is -2.17. The fraction of sp³-hybridized carbons (Fsp3) is 0.750. The summed E-state index contributed by atoms with van der Waals surface area (Å²) in [6.07, 6.45) is 1.01. The van der Waals surface area contributed by atoms with E-state index in [1.54, 1.807) is 13.8 Å². The van der Waals surface area contributed by atoms with E-state index in [0.717, 1.165) is 0 Å². The van der Waals surface area contributed by atoms with E-state index in [-0.39, 0.29) is 61.7 Å². The van der Waals surface area contributed by atoms with Crippen molar-refractivity contribution in [3.8, 4) is 0 Å². The molecule has 5 nitrogen and oxygen atoms in total. The number of carbonyl (C=O) groups excluding carboxylic acids is 4. The minimum atomic E-state index is -0.512. The smallest absolute Gasteiger partial charge is 0.136 e. The molecule has 0 aliphatic rings. The van der Waals surface area contributed by atoms with Gasteiger partial charge < -0.3 is 9.90 Å². The normalized spacial score (nSPS) is 13.5. The molecule has 0 spiro atoms. The van der Waals surface area contributed by atoms with Gasteiger partial charge in [-0.2, -0.15) is 0 Å². The fourth-order valence-corrected chi connectivity index (χ4v) is 1.88. The van der Waals surface area contributed by atoms with Gasteiger partial charge in [-0.3, -0.25) is 14.4 Å². The van der Waals surface area contributed by atoms with E-state index in [4.69, 9.17) is 5.11 Å². The molecule has 0 saturated heterocycles. The highest BCUT2D eigenvalue weighted by Crippen LogP contribution is 2.12. The predicted molar refractivity (Wildman–Crippen MR) is 78.9 cm³/mol. The van der Waals surface area contributed by atoms with Crippen molar-refractivity contribution in [3.05, 3.63) is 0 Å². The van der Waals surface area contributed by atoms with Crippen molar-refractivity contribution in [1.29, 1.82) is 0 Å². The maximum Gasteiger partial charge on any atom is 0.136 e. The Balaban J connectivity index is 3.96. The summed E-state index contributed by atoms with van der Waals surface area (Å²) in [6, 6.07) is 0. The van der Waals surface area contributed by atoms with Gasteiger partial charge in [0.1, 0.15) is 23.1 Å². The summed E-state index contributed by atoms with van der Waals surface area (Å²) in [5, 5.41) is 9.07. The Morgan fingerprint density at radius 1 is 0.857 bits per heavy atom. The van der Waals surface area contributed by atoms with Crippen LogP contribution in [0, 0.1) is 5.92 Å². The van der Waals surface area contributed by atoms with Crippen LogP contribution in [0.2, 0.25) is 0 Å². The van der Waals surface area contributed by atoms with Gasteiger partial charge in [0.25, 0.3) is 0 Å². The number of aliphatic hydroxyl groups is 1. The zero-order chi connectivity index (χ0) is 16.4. The average Bonchev–Trinajstić information content (AvgIpc) is 2.39. The molecule has 0 radical (unpaired) electrons. The Kier molecular flexibility index (Phi) is 9.71. The Morgan fingerprint density at radius 3 is 1.95 bits per heavy atom. The van der Waals surface area contributed by atoms with Gasteiger partial charge in [-0.1, -0.05) is 6.92 Å². The van der Waals surface area contributed by atoms with Crippen molar-refractivity contribution in [2.75, 3.05) is 0 Å². The first-order valence-corrected chi connectivity index (χ1v) is 7.46. The van der Waals surface area contributed by atoms with Crippen LogP contribution in [0.5, 0.6) is 0 Å². The van der Waals surface area contributed by atoms with Crippen molar-refractivity contribution in [2.45, 2.75) is 71.8 Å². The average molecular weight is 298 g/mol. The third-order valence-electron chi connectivity index (χ3n) is 3.33. The van der Waals surface area contributed by atoms with Crippen molar-refractivity contribution in [1.82, 2.24) is 0 Å². The highest BCUT2D eigenvalue weighted by atomic mass is 16.3. The molecule has 120 valence electrons. The monoisotopic (exact) mass is 298 g/mol. The quantitative estimate of drug-likeness (QED) is 0.595. The molecule has 0 heterocycles. The van der Waals surface area contributed by atoms with Gasteiger partial charge in [0.2, 0.25) is 0 Å². The van der Waals surface area contributed by atoms with Gasteiger partial charge in [0, 0.05) is 44.4 Å². The summed E-state index contributed by atoms with van der Waals surface area (Å²) in [4.78, 5) is 45.7. The minimum Gasteiger partial charge on any atom is -0.393 e. The van der Waals surface area contributed by atoms with E-state index in [0.29, 0.717) is 6.42 Å². The maximum atomic E-state index is 11.8. The molecule has 2 unspecified atom stereocenters. The number of Topliss-reactive ketones (excluding diaryl/α,β-unsaturated/α-hetero) is 4. The summed E-state index contributed by atoms with van der Waals surface area (Å²) in [7, 11) is 0. The molecule has 0 aromatic carbocycles. The van der Waals surface area contributed by atoms with Crippen LogP contribution in [0.4, 0.5) is 0 Å². The molecule has 5 heteroatoms. The Morgan fingerprint density at radius 2 is 1.43 bits per heavy atom. The van der Waals surface area contributed by atoms with E-state index in [1.807, 2.05) is 0 Å². The number of rotatable bonds is 12. The first-order chi connectivity index (χ1) is 9.72. The van der Waals surface area contributed by atoms with Gasteiger partial charge in [-0.15, -0.1) is 0 Å². The van der Waals surface area contributed by atoms with E-state index < -0.39 is 12.0 Å². The Hall–Kier alpha value is -1.36. The number of hydrogen-bond acceptors (Lipinski definition) is 5. The number of aliphatic hydroxyl groups excluding tert-OH is 1. The lowest BCUT2D eigenvalue weighted by atomic mass is 9.94. The van der Waals surface area contributed by atoms with Crippen molar-refractivity contribution < 1.29 is 24.3 Å². The summed E-state index contributed by atoms with van der Waals surface area (Å²) < 4.78 is 0. The third-order valence-corrected chi connectivity index (χ3v) is 3.33. The molecule has 0 amide bonds. The van der Waals surface area contributed by atoms with Crippen LogP contribution in [-0.4, -0.2) is 34.3 Å². The first-order valence-electron chi connectivity index (χ1n) is 7.46. The Labute approximate surface area is 126 Å². The second-order valence-corrected chi connectivity index (χ2v) is 5.74. The van der Waals surface area contributed by atoms with Crippen LogP contribution >= 0.6 is 0 Å². The minimum absolute atomic E-state index is 0.0361. The van der Waals surface area contributed by atoms with Gasteiger partial charge in [0.05, 0.1) is 6.10 Å². The van der Waals surface area contributed by atoms with Gasteiger partial charge in [-0.25, -0.2) is 0 Å². The second-order valence-electron chi connectivity index (χ2n) is 5.74. The lowest BCUT2D eigenvalue weighted by Gasteiger charge is -2.09. The van der Waals surface area contributed by atoms with Gasteiger partial charge >= 0.3 is 0 Å². The van der Waals surface area contributed by atoms with Crippen LogP contribution in [0.3, 0.4) is 0 Å². The SMILES string of the molecule is CC(=O)CCC(=O)CC(C)C(=O)CCC(=O)CCC(C)O. The number of carbonyl (C=O) groups is 4. The van der Waals surface area contributed by atoms with Crippen molar-refractivity contribution >= 4 is 23.1 Å². The molecule has 0 fully saturated rings. The van der Waals surface area contributed by atoms with Crippen LogP contribution < -0.4 is 0 Å². The molecule has 1 N–H and O–H groups in total. The molecule has 0 bridgehead atoms. The van der Waals surface area contributed by atoms with Crippen molar-refractivity contribution in [2.24, 2.45) is 5.92 Å². The highest BCUT2D eigenvalue weighted by molar-refractivity contribution is 5.91. The molecule has 0 saturated carbocycles. The summed E-state index contributed by atoms with van der Waals surface area (Å²) in [5.41, 5.74) is 0. The van der Waals surface area contributed by atoms with Gasteiger partial charge in [0.15, 0.2) is 0 Å². The zero-order valence-corrected chi connectivity index (χ0v) is 13.2. The molecule has 0 aliphatic carbocycles. The van der Waals surface area contributed by atoms with Gasteiger partial charge in [-0.05, 0) is 20.3 Å². The number of ketones is 4. The summed E-state index contributed by atoms with van der Waals surface area (Å²) in [6.45, 7) is 4.72. The third kappa shape index (κ3) is 11.0. The molecule has 0 rings (SSSR count). The maximum absolute atomic E-state index is 11.8. The fourth-order valence-electron chi connectivity index (χ4n) is 1.88. The topological polar surface area (TPSA) is 88.5 Å². The van der Waals surface area contributed by atoms with E-state index in [2.05, 4.69) is 0 Å². The molecular weight excluding hydrogens is 272 g/mol. The molecule has 0 aromatic heterocycles. The standard InChI is InChI=1S/C16H26O5/c1-11(10-15(20)7-5-13(3)18)16(21)9-8-14(19)6-4-12(2)17/h11-12,17H,4-10H2,1-3H3. The zero-order valence-electron chi connectivity index (χ0n) is 13.2. The van der Waals surface area contributed by atoms with Crippen LogP contribution in [0.1, 0.15) is 65.7 Å². The van der Waals surface area contributed by atoms with E-state index in [9.17, 15) is 19.2 Å². The van der Waals surface area contributed by atoms with E-state index in [1.165, 1.54) is 6.92 Å². The van der Waals surface area contributed by atoms with Crippen LogP contribution in [0.25, 0.3) is 0 Å². The first kappa shape index (κ1) is 19.6. The molecule has 0 aromatic rings. The largest absolute Gasteiger partial charge is 0.393 e. The van der Waals surface area contributed by atoms with E-state index >= 15 is 0 Å². The van der Waals surface area contributed by atoms with Crippen molar-refractivity contribution in [3.63, 3.8) is 0 Å². The van der Waals surface area contributed by atoms with Crippen LogP contribution in [0.15, 0.2) is 0 Å². The summed E-state index contributed by atoms with van der Waals surface area (Å²) >= 11 is 0. The molecule has 2 atom stereocenters. The lowest BCUT2D eigenvalue weighted by molar-refractivity contribution is -0.129. The van der Waals surface area contributed by atoms with Crippen LogP contribution in [-0.2, 0) is 19.2 Å². The molecular formula is C16H26O5. The predicted octanol–water partition coefficient (Wildman–Crippen LogP) is 2.03. The number of hydrogen-bond donors (Lipinski definition) is 1. The summed E-state index contributed by atoms with van der Waals surface area (Å²) in [5.74, 6) is -0.678. The molecule has 0 aliphatic heterocycles. The molecule has 21 heavy (non-hydrogen) atoms. The highest BCUT2D eigenvalue weighted by Gasteiger charge is 2.18. The Bertz CT molecular complexity index is 384.